The van der Waals surface area contributed by atoms with Crippen LogP contribution in [0.25, 0.3) is 16.6 Å². The molecule has 1 saturated heterocycles. The number of aromatic nitrogens is 1. The lowest BCUT2D eigenvalue weighted by molar-refractivity contribution is 0.0695. The molecule has 0 spiro atoms. The lowest BCUT2D eigenvalue weighted by atomic mass is 9.90. The van der Waals surface area contributed by atoms with E-state index in [2.05, 4.69) is 0 Å². The number of carbonyl (C=O) groups is 1. The van der Waals surface area contributed by atoms with Gasteiger partial charge in [0.15, 0.2) is 0 Å². The first-order chi connectivity index (χ1) is 14.2. The van der Waals surface area contributed by atoms with Gasteiger partial charge in [-0.15, -0.1) is 0 Å². The summed E-state index contributed by atoms with van der Waals surface area (Å²) in [5.41, 5.74) is 5.71. The van der Waals surface area contributed by atoms with Crippen molar-refractivity contribution in [2.45, 2.75) is 25.3 Å². The first kappa shape index (κ1) is 20.0. The number of benzene rings is 2. The molecule has 0 bridgehead atoms. The van der Waals surface area contributed by atoms with Gasteiger partial charge < -0.3 is 20.3 Å². The summed E-state index contributed by atoms with van der Waals surface area (Å²) in [5.74, 6) is -2.47. The van der Waals surface area contributed by atoms with Gasteiger partial charge in [0, 0.05) is 35.9 Å². The van der Waals surface area contributed by atoms with Crippen LogP contribution < -0.4 is 16.1 Å². The second-order valence-corrected chi connectivity index (χ2v) is 7.99. The van der Waals surface area contributed by atoms with Gasteiger partial charge in [0.1, 0.15) is 17.2 Å². The van der Waals surface area contributed by atoms with Gasteiger partial charge in [0.2, 0.25) is 5.43 Å². The highest BCUT2D eigenvalue weighted by atomic mass is 19.1. The van der Waals surface area contributed by atoms with Gasteiger partial charge in [0.25, 0.3) is 0 Å². The van der Waals surface area contributed by atoms with Gasteiger partial charge >= 0.3 is 5.97 Å². The average molecular weight is 413 g/mol. The molecule has 0 unspecified atom stereocenters. The molecule has 8 heteroatoms. The molecule has 3 aromatic rings. The smallest absolute Gasteiger partial charge is 0.341 e. The van der Waals surface area contributed by atoms with E-state index in [0.717, 1.165) is 6.07 Å². The second-order valence-electron chi connectivity index (χ2n) is 7.99. The average Bonchev–Trinajstić information content (AvgIpc) is 2.69. The zero-order chi connectivity index (χ0) is 21.6. The third kappa shape index (κ3) is 3.54. The number of fused-ring (bicyclic) bond motifs is 1. The summed E-state index contributed by atoms with van der Waals surface area (Å²) in [6, 6.07) is 8.02. The number of anilines is 1. The Morgan fingerprint density at radius 1 is 1.13 bits per heavy atom. The number of halogens is 2. The normalized spacial score (nSPS) is 16.1. The quantitative estimate of drug-likeness (QED) is 0.688. The Morgan fingerprint density at radius 3 is 2.37 bits per heavy atom. The van der Waals surface area contributed by atoms with Crippen LogP contribution in [0.4, 0.5) is 14.5 Å². The molecule has 1 aliphatic heterocycles. The van der Waals surface area contributed by atoms with Crippen molar-refractivity contribution < 1.29 is 18.7 Å². The first-order valence-electron chi connectivity index (χ1n) is 9.58. The van der Waals surface area contributed by atoms with Gasteiger partial charge in [-0.3, -0.25) is 4.79 Å². The monoisotopic (exact) mass is 413 g/mol. The van der Waals surface area contributed by atoms with Gasteiger partial charge in [-0.05, 0) is 56.2 Å². The molecule has 3 N–H and O–H groups in total. The number of hydrogen-bond donors (Lipinski definition) is 2. The number of piperidine rings is 1. The molecule has 0 atom stereocenters. The van der Waals surface area contributed by atoms with Crippen molar-refractivity contribution >= 4 is 22.6 Å². The third-order valence-corrected chi connectivity index (χ3v) is 5.65. The summed E-state index contributed by atoms with van der Waals surface area (Å²) in [6.45, 7) is 3.08. The van der Waals surface area contributed by atoms with E-state index in [1.54, 1.807) is 6.07 Å². The molecule has 30 heavy (non-hydrogen) atoms. The molecule has 0 radical (unpaired) electrons. The fraction of sp³-hybridized carbons (Fsp3) is 0.273. The molecular formula is C22H21F2N3O3. The van der Waals surface area contributed by atoms with E-state index in [4.69, 9.17) is 5.73 Å². The summed E-state index contributed by atoms with van der Waals surface area (Å²) in [6.07, 6.45) is 2.56. The van der Waals surface area contributed by atoms with Gasteiger partial charge in [-0.2, -0.15) is 0 Å². The highest BCUT2D eigenvalue weighted by Gasteiger charge is 2.28. The maximum absolute atomic E-state index is 15.0. The Balaban J connectivity index is 1.94. The summed E-state index contributed by atoms with van der Waals surface area (Å²) in [4.78, 5) is 26.1. The van der Waals surface area contributed by atoms with E-state index in [0.29, 0.717) is 42.8 Å². The van der Waals surface area contributed by atoms with Crippen LogP contribution in [0, 0.1) is 11.6 Å². The molecule has 0 aliphatic carbocycles. The van der Waals surface area contributed by atoms with E-state index in [9.17, 15) is 23.5 Å². The third-order valence-electron chi connectivity index (χ3n) is 5.65. The largest absolute Gasteiger partial charge is 0.477 e. The van der Waals surface area contributed by atoms with Crippen molar-refractivity contribution in [2.24, 2.45) is 5.73 Å². The van der Waals surface area contributed by atoms with Crippen molar-refractivity contribution in [1.82, 2.24) is 4.57 Å². The lowest BCUT2D eigenvalue weighted by Crippen LogP contribution is -2.48. The molecular weight excluding hydrogens is 392 g/mol. The van der Waals surface area contributed by atoms with Crippen molar-refractivity contribution in [3.63, 3.8) is 0 Å². The van der Waals surface area contributed by atoms with Gasteiger partial charge in [0.05, 0.1) is 11.2 Å². The molecule has 156 valence electrons. The van der Waals surface area contributed by atoms with E-state index >= 15 is 0 Å². The molecule has 1 aromatic heterocycles. The standard InChI is InChI=1S/C22H21F2N3O3/c1-22(25)6-8-26(9-7-22)19-11-18-15(10-17(19)24)20(28)16(21(29)30)12-27(18)14-4-2-13(23)3-5-14/h2-5,10-12H,6-9,25H2,1H3,(H,29,30). The minimum absolute atomic E-state index is 0.0545. The van der Waals surface area contributed by atoms with Crippen molar-refractivity contribution in [3.8, 4) is 5.69 Å². The van der Waals surface area contributed by atoms with Crippen molar-refractivity contribution in [3.05, 3.63) is 70.0 Å². The van der Waals surface area contributed by atoms with Crippen LogP contribution >= 0.6 is 0 Å². The lowest BCUT2D eigenvalue weighted by Gasteiger charge is -2.38. The summed E-state index contributed by atoms with van der Waals surface area (Å²) in [5, 5.41) is 9.38. The molecule has 0 saturated carbocycles. The predicted octanol–water partition coefficient (Wildman–Crippen LogP) is 3.28. The van der Waals surface area contributed by atoms with E-state index < -0.39 is 28.6 Å². The second kappa shape index (κ2) is 7.21. The van der Waals surface area contributed by atoms with Gasteiger partial charge in [-0.25, -0.2) is 13.6 Å². The number of pyridine rings is 1. The van der Waals surface area contributed by atoms with Crippen LogP contribution in [0.1, 0.15) is 30.1 Å². The zero-order valence-electron chi connectivity index (χ0n) is 16.4. The topological polar surface area (TPSA) is 88.6 Å². The molecule has 2 heterocycles. The van der Waals surface area contributed by atoms with Crippen LogP contribution in [0.15, 0.2) is 47.4 Å². The number of carboxylic acids is 1. The highest BCUT2D eigenvalue weighted by molar-refractivity contribution is 5.94. The molecule has 0 amide bonds. The minimum atomic E-state index is -1.42. The van der Waals surface area contributed by atoms with Crippen LogP contribution in [-0.2, 0) is 0 Å². The fourth-order valence-electron chi connectivity index (χ4n) is 3.80. The number of nitrogens with two attached hydrogens (primary N) is 1. The summed E-state index contributed by atoms with van der Waals surface area (Å²) >= 11 is 0. The maximum Gasteiger partial charge on any atom is 0.341 e. The van der Waals surface area contributed by atoms with Crippen molar-refractivity contribution in [2.75, 3.05) is 18.0 Å². The molecule has 6 nitrogen and oxygen atoms in total. The summed E-state index contributed by atoms with van der Waals surface area (Å²) < 4.78 is 29.8. The molecule has 2 aromatic carbocycles. The Hall–Kier alpha value is -3.26. The van der Waals surface area contributed by atoms with Crippen LogP contribution in [0.5, 0.6) is 0 Å². The number of aromatic carboxylic acids is 1. The van der Waals surface area contributed by atoms with E-state index in [-0.39, 0.29) is 10.9 Å². The predicted molar refractivity (Wildman–Crippen MR) is 110 cm³/mol. The minimum Gasteiger partial charge on any atom is -0.477 e. The van der Waals surface area contributed by atoms with E-state index in [1.165, 1.54) is 35.0 Å². The van der Waals surface area contributed by atoms with E-state index in [1.807, 2.05) is 11.8 Å². The Kier molecular flexibility index (Phi) is 4.82. The molecule has 1 aliphatic rings. The molecule has 1 fully saturated rings. The number of rotatable bonds is 3. The Labute approximate surface area is 171 Å². The van der Waals surface area contributed by atoms with Crippen LogP contribution in [0.3, 0.4) is 0 Å². The maximum atomic E-state index is 15.0. The Bertz CT molecular complexity index is 1190. The SMILES string of the molecule is CC1(N)CCN(c2cc3c(cc2F)c(=O)c(C(=O)O)cn3-c2ccc(F)cc2)CC1. The van der Waals surface area contributed by atoms with Gasteiger partial charge in [-0.1, -0.05) is 0 Å². The summed E-state index contributed by atoms with van der Waals surface area (Å²) in [7, 11) is 0. The highest BCUT2D eigenvalue weighted by Crippen LogP contribution is 2.30. The molecule has 4 rings (SSSR count). The number of hydrogen-bond acceptors (Lipinski definition) is 4. The zero-order valence-corrected chi connectivity index (χ0v) is 16.4. The fourth-order valence-corrected chi connectivity index (χ4v) is 3.80. The number of carboxylic acid groups (broad SMARTS) is 1. The number of nitrogens with zero attached hydrogens (tertiary/aromatic N) is 2. The van der Waals surface area contributed by atoms with Crippen LogP contribution in [0.2, 0.25) is 0 Å². The van der Waals surface area contributed by atoms with Crippen molar-refractivity contribution in [1.29, 1.82) is 0 Å². The van der Waals surface area contributed by atoms with Crippen LogP contribution in [-0.4, -0.2) is 34.3 Å². The first-order valence-corrected chi connectivity index (χ1v) is 9.58. The Morgan fingerprint density at radius 2 is 1.77 bits per heavy atom.